The average molecular weight is 405 g/mol. The molecule has 29 heavy (non-hydrogen) atoms. The molecular formula is C22H19N3O3S. The van der Waals surface area contributed by atoms with E-state index in [9.17, 15) is 9.59 Å². The summed E-state index contributed by atoms with van der Waals surface area (Å²) in [5.74, 6) is 0.126. The lowest BCUT2D eigenvalue weighted by molar-refractivity contribution is -0.113. The van der Waals surface area contributed by atoms with Crippen LogP contribution in [0.4, 0.5) is 10.5 Å². The molecule has 4 rings (SSSR count). The molecule has 0 unspecified atom stereocenters. The van der Waals surface area contributed by atoms with Crippen molar-refractivity contribution in [1.29, 1.82) is 0 Å². The first-order valence-corrected chi connectivity index (χ1v) is 9.83. The number of methoxy groups -OCH3 is 1. The van der Waals surface area contributed by atoms with Gasteiger partial charge >= 0.3 is 0 Å². The zero-order chi connectivity index (χ0) is 20.5. The second-order valence-corrected chi connectivity index (χ2v) is 7.56. The first kappa shape index (κ1) is 19.0. The number of thioether (sulfide) groups is 1. The number of aromatic nitrogens is 2. The molecule has 0 saturated carbocycles. The van der Waals surface area contributed by atoms with Crippen molar-refractivity contribution in [3.05, 3.63) is 76.7 Å². The zero-order valence-corrected chi connectivity index (χ0v) is 17.1. The van der Waals surface area contributed by atoms with Gasteiger partial charge < -0.3 is 9.30 Å². The van der Waals surface area contributed by atoms with Crippen molar-refractivity contribution < 1.29 is 14.3 Å². The number of rotatable bonds is 4. The van der Waals surface area contributed by atoms with Gasteiger partial charge in [0.2, 0.25) is 0 Å². The number of carbonyl (C=O) groups is 2. The van der Waals surface area contributed by atoms with Crippen LogP contribution >= 0.6 is 11.8 Å². The Morgan fingerprint density at radius 2 is 1.90 bits per heavy atom. The van der Waals surface area contributed by atoms with Crippen molar-refractivity contribution in [2.75, 3.05) is 12.0 Å². The molecule has 3 aromatic rings. The summed E-state index contributed by atoms with van der Waals surface area (Å²) in [6.45, 7) is 3.98. The molecule has 2 amide bonds. The van der Waals surface area contributed by atoms with Crippen LogP contribution in [0.2, 0.25) is 0 Å². The van der Waals surface area contributed by atoms with Gasteiger partial charge in [-0.25, -0.2) is 4.90 Å². The van der Waals surface area contributed by atoms with Crippen LogP contribution in [0.1, 0.15) is 17.0 Å². The summed E-state index contributed by atoms with van der Waals surface area (Å²) in [5, 5.41) is -0.341. The highest BCUT2D eigenvalue weighted by atomic mass is 32.2. The maximum Gasteiger partial charge on any atom is 0.298 e. The van der Waals surface area contributed by atoms with Crippen LogP contribution in [-0.2, 0) is 4.79 Å². The highest BCUT2D eigenvalue weighted by molar-refractivity contribution is 8.19. The molecule has 1 aliphatic rings. The first-order chi connectivity index (χ1) is 14.0. The minimum atomic E-state index is -0.351. The largest absolute Gasteiger partial charge is 0.495 e. The summed E-state index contributed by atoms with van der Waals surface area (Å²) in [5.41, 5.74) is 4.27. The lowest BCUT2D eigenvalue weighted by Gasteiger charge is -2.15. The van der Waals surface area contributed by atoms with E-state index < -0.39 is 0 Å². The average Bonchev–Trinajstić information content (AvgIpc) is 3.17. The molecule has 0 spiro atoms. The van der Waals surface area contributed by atoms with Crippen molar-refractivity contribution in [2.45, 2.75) is 13.8 Å². The third-order valence-corrected chi connectivity index (χ3v) is 5.65. The minimum Gasteiger partial charge on any atom is -0.495 e. The Balaban J connectivity index is 1.72. The number of imide groups is 1. The summed E-state index contributed by atoms with van der Waals surface area (Å²) in [4.78, 5) is 31.3. The molecule has 146 valence electrons. The molecule has 6 nitrogen and oxygen atoms in total. The third-order valence-electron chi connectivity index (χ3n) is 4.78. The summed E-state index contributed by atoms with van der Waals surface area (Å²) in [6.07, 6.45) is 5.29. The topological polar surface area (TPSA) is 64.4 Å². The molecular weight excluding hydrogens is 386 g/mol. The highest BCUT2D eigenvalue weighted by Gasteiger charge is 2.37. The Hall–Kier alpha value is -3.32. The van der Waals surface area contributed by atoms with Crippen LogP contribution in [-0.4, -0.2) is 27.8 Å². The van der Waals surface area contributed by atoms with Crippen LogP contribution in [0.5, 0.6) is 5.75 Å². The number of amides is 2. The molecule has 0 bridgehead atoms. The predicted molar refractivity (Wildman–Crippen MR) is 114 cm³/mol. The van der Waals surface area contributed by atoms with Crippen molar-refractivity contribution in [3.8, 4) is 11.4 Å². The molecule has 1 aliphatic heterocycles. The smallest absolute Gasteiger partial charge is 0.298 e. The number of hydrogen-bond acceptors (Lipinski definition) is 5. The molecule has 3 heterocycles. The van der Waals surface area contributed by atoms with E-state index in [2.05, 4.69) is 9.55 Å². The van der Waals surface area contributed by atoms with Gasteiger partial charge in [-0.05, 0) is 67.6 Å². The van der Waals surface area contributed by atoms with Crippen LogP contribution in [0, 0.1) is 13.8 Å². The normalized spacial score (nSPS) is 15.4. The monoisotopic (exact) mass is 405 g/mol. The van der Waals surface area contributed by atoms with Gasteiger partial charge in [0.05, 0.1) is 29.6 Å². The first-order valence-electron chi connectivity index (χ1n) is 9.01. The van der Waals surface area contributed by atoms with Crippen LogP contribution in [0.25, 0.3) is 11.8 Å². The summed E-state index contributed by atoms with van der Waals surface area (Å²) in [7, 11) is 1.51. The van der Waals surface area contributed by atoms with Crippen molar-refractivity contribution in [1.82, 2.24) is 9.55 Å². The van der Waals surface area contributed by atoms with E-state index in [0.29, 0.717) is 16.3 Å². The van der Waals surface area contributed by atoms with Gasteiger partial charge in [-0.3, -0.25) is 14.6 Å². The van der Waals surface area contributed by atoms with Crippen molar-refractivity contribution in [3.63, 3.8) is 0 Å². The molecule has 0 N–H and O–H groups in total. The fourth-order valence-electron chi connectivity index (χ4n) is 3.45. The Kier molecular flexibility index (Phi) is 4.98. The molecule has 7 heteroatoms. The van der Waals surface area contributed by atoms with E-state index in [1.165, 1.54) is 7.11 Å². The quantitative estimate of drug-likeness (QED) is 0.587. The van der Waals surface area contributed by atoms with Crippen molar-refractivity contribution >= 4 is 34.7 Å². The predicted octanol–water partition coefficient (Wildman–Crippen LogP) is 4.74. The van der Waals surface area contributed by atoms with Gasteiger partial charge in [-0.2, -0.15) is 0 Å². The molecule has 0 atom stereocenters. The molecule has 0 aliphatic carbocycles. The Morgan fingerprint density at radius 1 is 1.10 bits per heavy atom. The number of aryl methyl sites for hydroxylation is 1. The van der Waals surface area contributed by atoms with Gasteiger partial charge in [-0.15, -0.1) is 0 Å². The standard InChI is InChI=1S/C22H19N3O3S/c1-14-11-16(15(2)24(14)17-7-6-10-23-13-17)12-20-21(26)25(22(27)29-20)18-8-4-5-9-19(18)28-3/h4-13H,1-3H3. The maximum atomic E-state index is 13.0. The Labute approximate surface area is 172 Å². The third kappa shape index (κ3) is 3.34. The van der Waals surface area contributed by atoms with Gasteiger partial charge in [0, 0.05) is 17.6 Å². The van der Waals surface area contributed by atoms with E-state index in [4.69, 9.17) is 4.74 Å². The van der Waals surface area contributed by atoms with Gasteiger partial charge in [-0.1, -0.05) is 12.1 Å². The van der Waals surface area contributed by atoms with Gasteiger partial charge in [0.15, 0.2) is 0 Å². The van der Waals surface area contributed by atoms with E-state index >= 15 is 0 Å². The summed E-state index contributed by atoms with van der Waals surface area (Å²) >= 11 is 0.932. The number of carbonyl (C=O) groups excluding carboxylic acids is 2. The SMILES string of the molecule is COc1ccccc1N1C(=O)SC(=Cc2cc(C)n(-c3cccnc3)c2C)C1=O. The second kappa shape index (κ2) is 7.60. The van der Waals surface area contributed by atoms with Crippen LogP contribution < -0.4 is 9.64 Å². The van der Waals surface area contributed by atoms with Gasteiger partial charge in [0.1, 0.15) is 5.75 Å². The number of pyridine rings is 1. The highest BCUT2D eigenvalue weighted by Crippen LogP contribution is 2.40. The number of benzene rings is 1. The molecule has 2 aromatic heterocycles. The number of nitrogens with zero attached hydrogens (tertiary/aromatic N) is 3. The van der Waals surface area contributed by atoms with Gasteiger partial charge in [0.25, 0.3) is 11.1 Å². The number of hydrogen-bond donors (Lipinski definition) is 0. The molecule has 1 fully saturated rings. The molecule has 1 saturated heterocycles. The second-order valence-electron chi connectivity index (χ2n) is 6.56. The fraction of sp³-hybridized carbons (Fsp3) is 0.136. The minimum absolute atomic E-state index is 0.341. The van der Waals surface area contributed by atoms with Crippen molar-refractivity contribution in [2.24, 2.45) is 0 Å². The van der Waals surface area contributed by atoms with Crippen LogP contribution in [0.15, 0.2) is 59.8 Å². The fourth-order valence-corrected chi connectivity index (χ4v) is 4.27. The van der Waals surface area contributed by atoms with E-state index in [-0.39, 0.29) is 11.1 Å². The van der Waals surface area contributed by atoms with E-state index in [1.807, 2.05) is 32.0 Å². The maximum absolute atomic E-state index is 13.0. The lowest BCUT2D eigenvalue weighted by Crippen LogP contribution is -2.28. The molecule has 1 aromatic carbocycles. The number of para-hydroxylation sites is 2. The number of ether oxygens (including phenoxy) is 1. The van der Waals surface area contributed by atoms with Crippen LogP contribution in [0.3, 0.4) is 0 Å². The van der Waals surface area contributed by atoms with E-state index in [1.54, 1.807) is 42.7 Å². The lowest BCUT2D eigenvalue weighted by atomic mass is 10.2. The summed E-state index contributed by atoms with van der Waals surface area (Å²) in [6, 6.07) is 12.9. The zero-order valence-electron chi connectivity index (χ0n) is 16.2. The Bertz CT molecular complexity index is 1140. The summed E-state index contributed by atoms with van der Waals surface area (Å²) < 4.78 is 7.38. The molecule has 0 radical (unpaired) electrons. The Morgan fingerprint density at radius 3 is 2.62 bits per heavy atom. The number of anilines is 1. The van der Waals surface area contributed by atoms with E-state index in [0.717, 1.165) is 39.3 Å².